The Morgan fingerprint density at radius 3 is 2.11 bits per heavy atom. The molecule has 0 fully saturated rings. The number of halogens is 1. The van der Waals surface area contributed by atoms with Crippen molar-refractivity contribution in [3.8, 4) is 0 Å². The maximum Gasteiger partial charge on any atom is 0.0909 e. The normalized spacial score (nSPS) is 14.3. The molecular weight excluding hydrogens is 117 g/mol. The molecule has 0 aromatic rings. The van der Waals surface area contributed by atoms with Gasteiger partial charge in [-0.2, -0.15) is 0 Å². The van der Waals surface area contributed by atoms with Crippen LogP contribution in [0.4, 0.5) is 4.39 Å². The maximum atomic E-state index is 11.8. The van der Waals surface area contributed by atoms with Crippen molar-refractivity contribution in [2.45, 2.75) is 25.8 Å². The first-order valence-corrected chi connectivity index (χ1v) is 3.44. The molecule has 0 aliphatic rings. The average molecular weight is 133 g/mol. The summed E-state index contributed by atoms with van der Waals surface area (Å²) in [4.78, 5) is 2.07. The fraction of sp³-hybridized carbons (Fsp3) is 1.00. The Balaban J connectivity index is 3.41. The van der Waals surface area contributed by atoms with Gasteiger partial charge >= 0.3 is 0 Å². The van der Waals surface area contributed by atoms with Crippen molar-refractivity contribution in [2.24, 2.45) is 0 Å². The van der Waals surface area contributed by atoms with Gasteiger partial charge in [-0.15, -0.1) is 0 Å². The smallest absolute Gasteiger partial charge is 0.0909 e. The monoisotopic (exact) mass is 133 g/mol. The molecule has 0 N–H and O–H groups in total. The lowest BCUT2D eigenvalue weighted by atomic mass is 10.1. The van der Waals surface area contributed by atoms with E-state index < -0.39 is 0 Å². The van der Waals surface area contributed by atoms with Gasteiger partial charge in [0.1, 0.15) is 0 Å². The second-order valence-corrected chi connectivity index (χ2v) is 2.50. The quantitative estimate of drug-likeness (QED) is 0.564. The number of alkyl halides is 1. The first-order valence-electron chi connectivity index (χ1n) is 3.44. The van der Waals surface area contributed by atoms with Crippen LogP contribution in [-0.4, -0.2) is 31.7 Å². The zero-order chi connectivity index (χ0) is 7.28. The molecule has 0 rings (SSSR count). The van der Waals surface area contributed by atoms with Crippen molar-refractivity contribution >= 4 is 0 Å². The van der Waals surface area contributed by atoms with Gasteiger partial charge in [-0.3, -0.25) is 4.39 Å². The van der Waals surface area contributed by atoms with E-state index >= 15 is 0 Å². The number of hydrogen-bond donors (Lipinski definition) is 0. The Morgan fingerprint density at radius 1 is 1.44 bits per heavy atom. The van der Waals surface area contributed by atoms with E-state index in [1.165, 1.54) is 0 Å². The van der Waals surface area contributed by atoms with Crippen LogP contribution in [0.3, 0.4) is 0 Å². The fourth-order valence-electron chi connectivity index (χ4n) is 0.953. The highest BCUT2D eigenvalue weighted by Crippen LogP contribution is 2.03. The van der Waals surface area contributed by atoms with Crippen LogP contribution in [-0.2, 0) is 0 Å². The van der Waals surface area contributed by atoms with E-state index in [9.17, 15) is 4.39 Å². The summed E-state index contributed by atoms with van der Waals surface area (Å²) < 4.78 is 11.8. The summed E-state index contributed by atoms with van der Waals surface area (Å²) in [6, 6.07) is 0.426. The summed E-state index contributed by atoms with van der Waals surface area (Å²) in [5, 5.41) is 0. The lowest BCUT2D eigenvalue weighted by Gasteiger charge is -2.20. The molecule has 0 spiro atoms. The SMILES string of the molecule is CCC(CCF)N(C)C. The van der Waals surface area contributed by atoms with E-state index in [4.69, 9.17) is 0 Å². The lowest BCUT2D eigenvalue weighted by molar-refractivity contribution is 0.251. The standard InChI is InChI=1S/C7H16FN/c1-4-7(5-6-8)9(2)3/h7H,4-6H2,1-3H3. The van der Waals surface area contributed by atoms with Crippen molar-refractivity contribution in [3.05, 3.63) is 0 Å². The molecule has 1 nitrogen and oxygen atoms in total. The summed E-state index contributed by atoms with van der Waals surface area (Å²) in [7, 11) is 3.98. The molecule has 0 heterocycles. The van der Waals surface area contributed by atoms with E-state index in [2.05, 4.69) is 11.8 Å². The molecule has 0 saturated carbocycles. The van der Waals surface area contributed by atoms with Crippen LogP contribution in [0.25, 0.3) is 0 Å². The maximum absolute atomic E-state index is 11.8. The lowest BCUT2D eigenvalue weighted by Crippen LogP contribution is -2.27. The van der Waals surface area contributed by atoms with Crippen molar-refractivity contribution in [3.63, 3.8) is 0 Å². The van der Waals surface area contributed by atoms with Gasteiger partial charge in [-0.25, -0.2) is 0 Å². The number of hydrogen-bond acceptors (Lipinski definition) is 1. The summed E-state index contributed by atoms with van der Waals surface area (Å²) in [5.41, 5.74) is 0. The second-order valence-electron chi connectivity index (χ2n) is 2.50. The molecule has 0 aliphatic carbocycles. The van der Waals surface area contributed by atoms with Crippen LogP contribution in [0.15, 0.2) is 0 Å². The van der Waals surface area contributed by atoms with Gasteiger partial charge in [0.05, 0.1) is 6.67 Å². The molecule has 1 atom stereocenters. The first-order chi connectivity index (χ1) is 4.22. The molecule has 0 aromatic heterocycles. The van der Waals surface area contributed by atoms with Crippen molar-refractivity contribution in [2.75, 3.05) is 20.8 Å². The molecule has 0 bridgehead atoms. The Kier molecular flexibility index (Phi) is 4.68. The van der Waals surface area contributed by atoms with Crippen molar-refractivity contribution in [1.82, 2.24) is 4.90 Å². The van der Waals surface area contributed by atoms with E-state index in [1.54, 1.807) is 0 Å². The highest BCUT2D eigenvalue weighted by Gasteiger charge is 2.06. The Hall–Kier alpha value is -0.110. The Morgan fingerprint density at radius 2 is 2.00 bits per heavy atom. The van der Waals surface area contributed by atoms with Gasteiger partial charge in [0.25, 0.3) is 0 Å². The van der Waals surface area contributed by atoms with E-state index in [-0.39, 0.29) is 6.67 Å². The topological polar surface area (TPSA) is 3.24 Å². The van der Waals surface area contributed by atoms with Crippen LogP contribution in [0.1, 0.15) is 19.8 Å². The third-order valence-corrected chi connectivity index (χ3v) is 1.64. The summed E-state index contributed by atoms with van der Waals surface area (Å²) >= 11 is 0. The molecule has 0 aliphatic heterocycles. The number of rotatable bonds is 4. The van der Waals surface area contributed by atoms with Gasteiger partial charge in [0.15, 0.2) is 0 Å². The fourth-order valence-corrected chi connectivity index (χ4v) is 0.953. The minimum Gasteiger partial charge on any atom is -0.306 e. The van der Waals surface area contributed by atoms with E-state index in [1.807, 2.05) is 14.1 Å². The highest BCUT2D eigenvalue weighted by molar-refractivity contribution is 4.62. The van der Waals surface area contributed by atoms with Gasteiger partial charge in [0, 0.05) is 6.04 Å². The first kappa shape index (κ1) is 8.89. The van der Waals surface area contributed by atoms with Crippen LogP contribution >= 0.6 is 0 Å². The molecule has 0 saturated heterocycles. The van der Waals surface area contributed by atoms with Gasteiger partial charge in [-0.1, -0.05) is 6.92 Å². The zero-order valence-corrected chi connectivity index (χ0v) is 6.52. The molecule has 56 valence electrons. The third kappa shape index (κ3) is 3.46. The average Bonchev–Trinajstić information content (AvgIpc) is 1.82. The minimum absolute atomic E-state index is 0.198. The predicted octanol–water partition coefficient (Wildman–Crippen LogP) is 1.69. The second kappa shape index (κ2) is 4.74. The third-order valence-electron chi connectivity index (χ3n) is 1.64. The van der Waals surface area contributed by atoms with Crippen LogP contribution in [0.5, 0.6) is 0 Å². The van der Waals surface area contributed by atoms with Gasteiger partial charge in [0.2, 0.25) is 0 Å². The molecule has 1 unspecified atom stereocenters. The highest BCUT2D eigenvalue weighted by atomic mass is 19.1. The van der Waals surface area contributed by atoms with Crippen molar-refractivity contribution < 1.29 is 4.39 Å². The minimum atomic E-state index is -0.198. The van der Waals surface area contributed by atoms with Gasteiger partial charge < -0.3 is 4.90 Å². The zero-order valence-electron chi connectivity index (χ0n) is 6.52. The molecule has 0 amide bonds. The largest absolute Gasteiger partial charge is 0.306 e. The molecule has 2 heteroatoms. The van der Waals surface area contributed by atoms with E-state index in [0.29, 0.717) is 12.5 Å². The predicted molar refractivity (Wildman–Crippen MR) is 38.4 cm³/mol. The van der Waals surface area contributed by atoms with Crippen molar-refractivity contribution in [1.29, 1.82) is 0 Å². The number of nitrogens with zero attached hydrogens (tertiary/aromatic N) is 1. The van der Waals surface area contributed by atoms with Crippen LogP contribution < -0.4 is 0 Å². The molecule has 0 radical (unpaired) electrons. The summed E-state index contributed by atoms with van der Waals surface area (Å²) in [6.45, 7) is 1.89. The van der Waals surface area contributed by atoms with E-state index in [0.717, 1.165) is 6.42 Å². The molecule has 9 heavy (non-hydrogen) atoms. The summed E-state index contributed by atoms with van der Waals surface area (Å²) in [6.07, 6.45) is 1.71. The molecular formula is C7H16FN. The Bertz CT molecular complexity index is 63.9. The molecule has 0 aromatic carbocycles. The summed E-state index contributed by atoms with van der Waals surface area (Å²) in [5.74, 6) is 0. The Labute approximate surface area is 56.9 Å². The van der Waals surface area contributed by atoms with Gasteiger partial charge in [-0.05, 0) is 26.9 Å². The van der Waals surface area contributed by atoms with Crippen LogP contribution in [0.2, 0.25) is 0 Å². The van der Waals surface area contributed by atoms with Crippen LogP contribution in [0, 0.1) is 0 Å².